The lowest BCUT2D eigenvalue weighted by atomic mass is 9.81. The maximum atomic E-state index is 6.56. The van der Waals surface area contributed by atoms with Crippen LogP contribution in [-0.4, -0.2) is 13.2 Å². The van der Waals surface area contributed by atoms with Crippen molar-refractivity contribution in [3.8, 4) is 0 Å². The average Bonchev–Trinajstić information content (AvgIpc) is 3.41. The van der Waals surface area contributed by atoms with E-state index in [9.17, 15) is 0 Å². The summed E-state index contributed by atoms with van der Waals surface area (Å²) >= 11 is 0. The van der Waals surface area contributed by atoms with Gasteiger partial charge in [0, 0.05) is 13.2 Å². The minimum absolute atomic E-state index is 0.366. The van der Waals surface area contributed by atoms with Crippen LogP contribution in [0.2, 0.25) is 0 Å². The summed E-state index contributed by atoms with van der Waals surface area (Å²) in [5.74, 6) is 4.67. The highest BCUT2D eigenvalue weighted by Crippen LogP contribution is 2.32. The van der Waals surface area contributed by atoms with Crippen molar-refractivity contribution in [3.05, 3.63) is 180 Å². The highest BCUT2D eigenvalue weighted by Gasteiger charge is 2.21. The molecule has 5 aromatic carbocycles. The Labute approximate surface area is 441 Å². The van der Waals surface area contributed by atoms with Crippen LogP contribution in [-0.2, 0) is 24.0 Å². The summed E-state index contributed by atoms with van der Waals surface area (Å²) in [6.07, 6.45) is 25.1. The van der Waals surface area contributed by atoms with Gasteiger partial charge in [0.1, 0.15) is 0 Å². The molecule has 5 rings (SSSR count). The van der Waals surface area contributed by atoms with Crippen molar-refractivity contribution in [1.29, 1.82) is 0 Å². The Hall–Kier alpha value is -3.94. The number of rotatable bonds is 30. The van der Waals surface area contributed by atoms with Gasteiger partial charge in [-0.15, -0.1) is 0 Å². The van der Waals surface area contributed by atoms with Crippen molar-refractivity contribution < 1.29 is 4.74 Å². The molecule has 0 aliphatic carbocycles. The zero-order chi connectivity index (χ0) is 52.2. The molecule has 0 radical (unpaired) electrons. The molecule has 0 heterocycles. The molecule has 6 unspecified atom stereocenters. The molecule has 71 heavy (non-hydrogen) atoms. The molecule has 6 atom stereocenters. The van der Waals surface area contributed by atoms with E-state index in [1.165, 1.54) is 144 Å². The Morgan fingerprint density at radius 2 is 0.690 bits per heavy atom. The Morgan fingerprint density at radius 3 is 1.07 bits per heavy atom. The SMILES string of the molecule is CC.CC.CCCC(CCC(CC)CCC(CCc1ccccc1)CCC(C)CCc1ccccc1)CCC(CCc1ccccc1)COCC(CC)CC(C)(C)C.Cc1ccccc1.c1ccccc1. The summed E-state index contributed by atoms with van der Waals surface area (Å²) in [7, 11) is 0. The second-order valence-corrected chi connectivity index (χ2v) is 21.5. The zero-order valence-corrected chi connectivity index (χ0v) is 48.2. The van der Waals surface area contributed by atoms with Crippen molar-refractivity contribution in [1.82, 2.24) is 0 Å². The van der Waals surface area contributed by atoms with E-state index in [2.05, 4.69) is 159 Å². The van der Waals surface area contributed by atoms with Crippen LogP contribution >= 0.6 is 0 Å². The topological polar surface area (TPSA) is 9.23 Å². The normalized spacial score (nSPS) is 13.4. The Kier molecular flexibility index (Phi) is 40.0. The van der Waals surface area contributed by atoms with Gasteiger partial charge < -0.3 is 4.74 Å². The van der Waals surface area contributed by atoms with Gasteiger partial charge in [0.25, 0.3) is 0 Å². The van der Waals surface area contributed by atoms with Crippen molar-refractivity contribution in [2.45, 2.75) is 205 Å². The molecular weight excluding hydrogens is 857 g/mol. The van der Waals surface area contributed by atoms with E-state index in [0.717, 1.165) is 36.9 Å². The van der Waals surface area contributed by atoms with Crippen LogP contribution in [0, 0.1) is 47.8 Å². The van der Waals surface area contributed by atoms with E-state index >= 15 is 0 Å². The Balaban J connectivity index is 0.00000125. The van der Waals surface area contributed by atoms with Gasteiger partial charge in [0.05, 0.1) is 0 Å². The summed E-state index contributed by atoms with van der Waals surface area (Å²) in [4.78, 5) is 0. The molecule has 0 aliphatic rings. The van der Waals surface area contributed by atoms with Gasteiger partial charge in [-0.3, -0.25) is 0 Å². The minimum Gasteiger partial charge on any atom is -0.381 e. The molecule has 0 aromatic heterocycles. The van der Waals surface area contributed by atoms with E-state index in [-0.39, 0.29) is 0 Å². The fourth-order valence-corrected chi connectivity index (χ4v) is 9.81. The van der Waals surface area contributed by atoms with Gasteiger partial charge >= 0.3 is 0 Å². The summed E-state index contributed by atoms with van der Waals surface area (Å²) in [6.45, 7) is 28.7. The third-order valence-corrected chi connectivity index (χ3v) is 14.2. The lowest BCUT2D eigenvalue weighted by Gasteiger charge is -2.27. The molecule has 0 bridgehead atoms. The standard InChI is InChI=1S/C53H84O.C7H8.C6H6.2C2H6/c1-8-20-47(37-39-52(40-38-50-25-18-13-19-26-50)43-54-42-46(10-3)41-53(5,6)7)33-31-45(9-2)32-34-51(36-35-49-23-16-12-17-24-49)30-28-44(4)27-29-48-21-14-11-15-22-48;1-7-5-3-2-4-6-7;1-2-4-6-5-3-1;2*1-2/h11-19,21-26,44-47,51-52H,8-10,20,27-43H2,1-7H3;2-6H,1H3;1-6H;2*1-2H3. The molecule has 0 N–H and O–H groups in total. The molecular formula is C70H110O. The number of benzene rings is 5. The van der Waals surface area contributed by atoms with Crippen LogP contribution in [0.15, 0.2) is 158 Å². The second-order valence-electron chi connectivity index (χ2n) is 21.5. The monoisotopic (exact) mass is 967 g/mol. The van der Waals surface area contributed by atoms with Crippen LogP contribution in [0.4, 0.5) is 0 Å². The molecule has 0 fully saturated rings. The predicted molar refractivity (Wildman–Crippen MR) is 319 cm³/mol. The molecule has 0 amide bonds. The van der Waals surface area contributed by atoms with Crippen LogP contribution in [0.5, 0.6) is 0 Å². The maximum Gasteiger partial charge on any atom is 0.0494 e. The van der Waals surface area contributed by atoms with Gasteiger partial charge in [0.2, 0.25) is 0 Å². The predicted octanol–water partition coefficient (Wildman–Crippen LogP) is 21.5. The van der Waals surface area contributed by atoms with E-state index in [4.69, 9.17) is 4.74 Å². The number of aryl methyl sites for hydroxylation is 4. The van der Waals surface area contributed by atoms with Crippen molar-refractivity contribution in [2.24, 2.45) is 40.9 Å². The number of hydrogen-bond donors (Lipinski definition) is 0. The van der Waals surface area contributed by atoms with Crippen LogP contribution in [0.3, 0.4) is 0 Å². The maximum absolute atomic E-state index is 6.56. The van der Waals surface area contributed by atoms with E-state index in [1.807, 2.05) is 82.3 Å². The van der Waals surface area contributed by atoms with Crippen LogP contribution < -0.4 is 0 Å². The van der Waals surface area contributed by atoms with Gasteiger partial charge in [-0.1, -0.05) is 310 Å². The molecule has 0 saturated carbocycles. The number of hydrogen-bond acceptors (Lipinski definition) is 1. The molecule has 396 valence electrons. The smallest absolute Gasteiger partial charge is 0.0494 e. The first-order chi connectivity index (χ1) is 34.6. The Morgan fingerprint density at radius 1 is 0.366 bits per heavy atom. The molecule has 1 heteroatoms. The van der Waals surface area contributed by atoms with Gasteiger partial charge in [-0.25, -0.2) is 0 Å². The number of ether oxygens (including phenoxy) is 1. The highest BCUT2D eigenvalue weighted by molar-refractivity contribution is 5.16. The fourth-order valence-electron chi connectivity index (χ4n) is 9.81. The minimum atomic E-state index is 0.366. The summed E-state index contributed by atoms with van der Waals surface area (Å²) in [5.41, 5.74) is 6.16. The molecule has 5 aromatic rings. The third-order valence-electron chi connectivity index (χ3n) is 14.2. The van der Waals surface area contributed by atoms with Crippen LogP contribution in [0.25, 0.3) is 0 Å². The largest absolute Gasteiger partial charge is 0.381 e. The Bertz CT molecular complexity index is 1770. The van der Waals surface area contributed by atoms with Crippen molar-refractivity contribution in [2.75, 3.05) is 13.2 Å². The van der Waals surface area contributed by atoms with Gasteiger partial charge in [0.15, 0.2) is 0 Å². The molecule has 0 aliphatic heterocycles. The first-order valence-electron chi connectivity index (χ1n) is 29.3. The fraction of sp³-hybridized carbons (Fsp3) is 0.571. The summed E-state index contributed by atoms with van der Waals surface area (Å²) in [6, 6.07) is 55.7. The van der Waals surface area contributed by atoms with E-state index in [1.54, 1.807) is 0 Å². The quantitative estimate of drug-likeness (QED) is 0.0446. The molecule has 1 nitrogen and oxygen atoms in total. The third kappa shape index (κ3) is 35.8. The first kappa shape index (κ1) is 65.1. The highest BCUT2D eigenvalue weighted by atomic mass is 16.5. The summed E-state index contributed by atoms with van der Waals surface area (Å²) < 4.78 is 6.56. The second kappa shape index (κ2) is 43.6. The van der Waals surface area contributed by atoms with E-state index in [0.29, 0.717) is 17.3 Å². The van der Waals surface area contributed by atoms with Gasteiger partial charge in [-0.2, -0.15) is 0 Å². The molecule has 0 saturated heterocycles. The zero-order valence-electron chi connectivity index (χ0n) is 48.2. The van der Waals surface area contributed by atoms with Gasteiger partial charge in [-0.05, 0) is 116 Å². The van der Waals surface area contributed by atoms with E-state index < -0.39 is 0 Å². The first-order valence-corrected chi connectivity index (χ1v) is 29.3. The lowest BCUT2D eigenvalue weighted by molar-refractivity contribution is 0.0515. The molecule has 0 spiro atoms. The lowest BCUT2D eigenvalue weighted by Crippen LogP contribution is -2.20. The van der Waals surface area contributed by atoms with Crippen molar-refractivity contribution in [3.63, 3.8) is 0 Å². The summed E-state index contributed by atoms with van der Waals surface area (Å²) in [5, 5.41) is 0. The van der Waals surface area contributed by atoms with Crippen LogP contribution in [0.1, 0.15) is 201 Å². The van der Waals surface area contributed by atoms with Crippen molar-refractivity contribution >= 4 is 0 Å². The average molecular weight is 968 g/mol.